The molecule has 0 spiro atoms. The average Bonchev–Trinajstić information content (AvgIpc) is 3.08. The number of nitrogens with zero attached hydrogens (tertiary/aromatic N) is 1. The number of fused-ring (bicyclic) bond motifs is 1. The number of benzene rings is 1. The number of halogens is 5. The standard InChI is InChI=1S/C16H12ClF4N3O3S/c17-13-10(15(20)21)2-1-9-12(7-22-14(9)13)28(25,26)24-16-11(19)5-8(6-23-16)27-4-3-18/h1-2,5-7,15,22H,3-4H2,(H,23,24). The Kier molecular flexibility index (Phi) is 5.66. The number of ether oxygens (including phenoxy) is 1. The summed E-state index contributed by atoms with van der Waals surface area (Å²) in [6, 6.07) is 3.03. The molecule has 0 saturated carbocycles. The third-order valence-corrected chi connectivity index (χ3v) is 5.49. The molecule has 2 heterocycles. The van der Waals surface area contributed by atoms with Crippen molar-refractivity contribution in [1.29, 1.82) is 0 Å². The molecule has 2 N–H and O–H groups in total. The van der Waals surface area contributed by atoms with E-state index < -0.39 is 40.3 Å². The van der Waals surface area contributed by atoms with Gasteiger partial charge in [-0.3, -0.25) is 4.72 Å². The molecule has 0 unspecified atom stereocenters. The van der Waals surface area contributed by atoms with Crippen molar-refractivity contribution in [1.82, 2.24) is 9.97 Å². The molecule has 150 valence electrons. The second-order valence-electron chi connectivity index (χ2n) is 5.49. The lowest BCUT2D eigenvalue weighted by atomic mass is 10.1. The van der Waals surface area contributed by atoms with Crippen molar-refractivity contribution in [2.24, 2.45) is 0 Å². The van der Waals surface area contributed by atoms with Gasteiger partial charge < -0.3 is 9.72 Å². The number of hydrogen-bond donors (Lipinski definition) is 2. The summed E-state index contributed by atoms with van der Waals surface area (Å²) < 4.78 is 84.1. The topological polar surface area (TPSA) is 84.1 Å². The van der Waals surface area contributed by atoms with Gasteiger partial charge in [0.2, 0.25) is 0 Å². The van der Waals surface area contributed by atoms with Crippen LogP contribution in [0.4, 0.5) is 23.4 Å². The van der Waals surface area contributed by atoms with Crippen LogP contribution < -0.4 is 9.46 Å². The van der Waals surface area contributed by atoms with E-state index in [4.69, 9.17) is 16.3 Å². The van der Waals surface area contributed by atoms with Crippen LogP contribution in [0.2, 0.25) is 5.02 Å². The number of alkyl halides is 3. The zero-order valence-corrected chi connectivity index (χ0v) is 15.4. The number of rotatable bonds is 7. The van der Waals surface area contributed by atoms with E-state index in [1.807, 2.05) is 4.72 Å². The molecule has 0 bridgehead atoms. The Morgan fingerprint density at radius 1 is 1.32 bits per heavy atom. The summed E-state index contributed by atoms with van der Waals surface area (Å²) in [6.45, 7) is -1.09. The highest BCUT2D eigenvalue weighted by molar-refractivity contribution is 7.93. The summed E-state index contributed by atoms with van der Waals surface area (Å²) in [5.41, 5.74) is -0.451. The molecular weight excluding hydrogens is 426 g/mol. The van der Waals surface area contributed by atoms with Crippen LogP contribution in [-0.4, -0.2) is 31.7 Å². The second kappa shape index (κ2) is 7.84. The van der Waals surface area contributed by atoms with E-state index in [1.54, 1.807) is 0 Å². The minimum absolute atomic E-state index is 0.00300. The molecule has 3 aromatic rings. The van der Waals surface area contributed by atoms with Crippen molar-refractivity contribution in [2.75, 3.05) is 18.0 Å². The molecule has 0 radical (unpaired) electrons. The lowest BCUT2D eigenvalue weighted by Crippen LogP contribution is -2.15. The molecule has 0 amide bonds. The van der Waals surface area contributed by atoms with Gasteiger partial charge in [-0.2, -0.15) is 0 Å². The van der Waals surface area contributed by atoms with E-state index in [0.717, 1.165) is 24.5 Å². The Hall–Kier alpha value is -2.53. The predicted molar refractivity (Wildman–Crippen MR) is 94.7 cm³/mol. The minimum atomic E-state index is -4.33. The fourth-order valence-electron chi connectivity index (χ4n) is 2.46. The first-order chi connectivity index (χ1) is 13.2. The van der Waals surface area contributed by atoms with Crippen molar-refractivity contribution >= 4 is 38.3 Å². The molecule has 2 aromatic heterocycles. The summed E-state index contributed by atoms with van der Waals surface area (Å²) in [6.07, 6.45) is -0.766. The van der Waals surface area contributed by atoms with Crippen LogP contribution in [0, 0.1) is 5.82 Å². The number of hydrogen-bond acceptors (Lipinski definition) is 4. The Morgan fingerprint density at radius 2 is 2.07 bits per heavy atom. The smallest absolute Gasteiger partial charge is 0.265 e. The van der Waals surface area contributed by atoms with Crippen LogP contribution in [0.15, 0.2) is 35.5 Å². The van der Waals surface area contributed by atoms with Crippen molar-refractivity contribution in [3.63, 3.8) is 0 Å². The van der Waals surface area contributed by atoms with E-state index in [9.17, 15) is 26.0 Å². The summed E-state index contributed by atoms with van der Waals surface area (Å²) >= 11 is 5.91. The highest BCUT2D eigenvalue weighted by Gasteiger charge is 2.24. The maximum atomic E-state index is 14.1. The summed E-state index contributed by atoms with van der Waals surface area (Å²) in [4.78, 5) is 5.82. The largest absolute Gasteiger partial charge is 0.489 e. The molecule has 28 heavy (non-hydrogen) atoms. The van der Waals surface area contributed by atoms with Gasteiger partial charge in [0.25, 0.3) is 16.4 Å². The number of aromatic amines is 1. The van der Waals surface area contributed by atoms with Crippen LogP contribution in [-0.2, 0) is 10.0 Å². The molecule has 1 aromatic carbocycles. The van der Waals surface area contributed by atoms with E-state index >= 15 is 0 Å². The van der Waals surface area contributed by atoms with Gasteiger partial charge in [0.15, 0.2) is 11.6 Å². The van der Waals surface area contributed by atoms with Crippen LogP contribution in [0.3, 0.4) is 0 Å². The third-order valence-electron chi connectivity index (χ3n) is 3.70. The zero-order chi connectivity index (χ0) is 20.5. The third kappa shape index (κ3) is 3.85. The van der Waals surface area contributed by atoms with Gasteiger partial charge in [-0.05, 0) is 0 Å². The second-order valence-corrected chi connectivity index (χ2v) is 7.52. The molecule has 0 aliphatic carbocycles. The quantitative estimate of drug-likeness (QED) is 0.535. The normalized spacial score (nSPS) is 11.9. The van der Waals surface area contributed by atoms with E-state index in [-0.39, 0.29) is 33.2 Å². The SMILES string of the molecule is O=S(=O)(Nc1ncc(OCCF)cc1F)c1c[nH]c2c(Cl)c(C(F)F)ccc12. The van der Waals surface area contributed by atoms with Crippen molar-refractivity contribution < 1.29 is 30.7 Å². The van der Waals surface area contributed by atoms with Gasteiger partial charge in [-0.1, -0.05) is 23.7 Å². The first kappa shape index (κ1) is 20.2. The first-order valence-electron chi connectivity index (χ1n) is 7.69. The minimum Gasteiger partial charge on any atom is -0.489 e. The molecule has 0 saturated heterocycles. The Morgan fingerprint density at radius 3 is 2.71 bits per heavy atom. The highest BCUT2D eigenvalue weighted by Crippen LogP contribution is 2.35. The highest BCUT2D eigenvalue weighted by atomic mass is 35.5. The maximum Gasteiger partial charge on any atom is 0.265 e. The van der Waals surface area contributed by atoms with Crippen LogP contribution in [0.25, 0.3) is 10.9 Å². The first-order valence-corrected chi connectivity index (χ1v) is 9.55. The van der Waals surface area contributed by atoms with Gasteiger partial charge in [-0.15, -0.1) is 0 Å². The maximum absolute atomic E-state index is 14.1. The molecule has 0 aliphatic heterocycles. The molecule has 6 nitrogen and oxygen atoms in total. The number of nitrogens with one attached hydrogen (secondary N) is 2. The molecule has 0 fully saturated rings. The van der Waals surface area contributed by atoms with Gasteiger partial charge in [0.05, 0.1) is 16.7 Å². The number of pyridine rings is 1. The predicted octanol–water partition coefficient (Wildman–Crippen LogP) is 4.44. The lowest BCUT2D eigenvalue weighted by molar-refractivity contribution is 0.151. The Balaban J connectivity index is 1.95. The molecule has 0 aliphatic rings. The summed E-state index contributed by atoms with van der Waals surface area (Å²) in [5.74, 6) is -1.73. The van der Waals surface area contributed by atoms with Crippen LogP contribution in [0.5, 0.6) is 5.75 Å². The van der Waals surface area contributed by atoms with Crippen LogP contribution >= 0.6 is 11.6 Å². The Labute approximate surface area is 161 Å². The molecular formula is C16H12ClF4N3O3S. The average molecular weight is 438 g/mol. The fraction of sp³-hybridized carbons (Fsp3) is 0.188. The van der Waals surface area contributed by atoms with E-state index in [1.165, 1.54) is 6.07 Å². The number of H-pyrrole nitrogens is 1. The molecule has 0 atom stereocenters. The zero-order valence-electron chi connectivity index (χ0n) is 13.8. The van der Waals surface area contributed by atoms with Gasteiger partial charge in [0.1, 0.15) is 23.9 Å². The Bertz CT molecular complexity index is 1120. The number of sulfonamides is 1. The van der Waals surface area contributed by atoms with Crippen molar-refractivity contribution in [3.05, 3.63) is 47.0 Å². The van der Waals surface area contributed by atoms with Crippen molar-refractivity contribution in [3.8, 4) is 5.75 Å². The summed E-state index contributed by atoms with van der Waals surface area (Å²) in [5, 5.41) is -0.266. The van der Waals surface area contributed by atoms with Gasteiger partial charge >= 0.3 is 0 Å². The van der Waals surface area contributed by atoms with E-state index in [0.29, 0.717) is 0 Å². The number of anilines is 1. The fourth-order valence-corrected chi connectivity index (χ4v) is 3.95. The lowest BCUT2D eigenvalue weighted by Gasteiger charge is -2.09. The van der Waals surface area contributed by atoms with Crippen molar-refractivity contribution in [2.45, 2.75) is 11.3 Å². The van der Waals surface area contributed by atoms with Crippen LogP contribution in [0.1, 0.15) is 12.0 Å². The van der Waals surface area contributed by atoms with Gasteiger partial charge in [-0.25, -0.2) is 31.0 Å². The molecule has 12 heteroatoms. The number of aromatic nitrogens is 2. The van der Waals surface area contributed by atoms with Gasteiger partial charge in [0, 0.05) is 23.2 Å². The monoisotopic (exact) mass is 437 g/mol. The summed E-state index contributed by atoms with van der Waals surface area (Å²) in [7, 11) is -4.33. The molecule has 3 rings (SSSR count). The van der Waals surface area contributed by atoms with E-state index in [2.05, 4.69) is 9.97 Å².